The molecule has 2 aliphatic carbocycles. The summed E-state index contributed by atoms with van der Waals surface area (Å²) in [5.74, 6) is 0. The number of nitrogens with two attached hydrogens (primary N) is 2. The minimum Gasteiger partial charge on any atom is -0.324 e. The first-order chi connectivity index (χ1) is 11.1. The van der Waals surface area contributed by atoms with Crippen LogP contribution in [-0.2, 0) is 12.8 Å². The second kappa shape index (κ2) is 7.75. The van der Waals surface area contributed by atoms with Crippen LogP contribution < -0.4 is 11.5 Å². The van der Waals surface area contributed by atoms with Gasteiger partial charge in [-0.3, -0.25) is 10.1 Å². The molecule has 0 aliphatic heterocycles. The molecule has 5 nitrogen and oxygen atoms in total. The van der Waals surface area contributed by atoms with Gasteiger partial charge in [0.2, 0.25) is 0 Å². The molecule has 0 heterocycles. The maximum absolute atomic E-state index is 10.5. The third-order valence-corrected chi connectivity index (χ3v) is 4.64. The van der Waals surface area contributed by atoms with Crippen molar-refractivity contribution in [3.8, 4) is 0 Å². The second-order valence-corrected chi connectivity index (χ2v) is 6.13. The van der Waals surface area contributed by atoms with Crippen molar-refractivity contribution in [2.45, 2.75) is 37.8 Å². The molecule has 2 aromatic carbocycles. The van der Waals surface area contributed by atoms with Gasteiger partial charge in [-0.2, -0.15) is 0 Å². The van der Waals surface area contributed by atoms with Crippen molar-refractivity contribution in [3.63, 3.8) is 0 Å². The summed E-state index contributed by atoms with van der Waals surface area (Å²) in [6.07, 6.45) is 4.13. The zero-order valence-corrected chi connectivity index (χ0v) is 14.2. The maximum atomic E-state index is 10.5. The molecule has 0 bridgehead atoms. The van der Waals surface area contributed by atoms with E-state index in [0.717, 1.165) is 36.8 Å². The fraction of sp³-hybridized carbons (Fsp3) is 0.333. The molecule has 0 saturated carbocycles. The van der Waals surface area contributed by atoms with E-state index in [1.54, 1.807) is 12.1 Å². The first-order valence-corrected chi connectivity index (χ1v) is 7.92. The average Bonchev–Trinajstić information content (AvgIpc) is 3.12. The molecule has 6 heteroatoms. The Labute approximate surface area is 147 Å². The molecular formula is C18H22ClN3O2. The van der Waals surface area contributed by atoms with E-state index in [1.165, 1.54) is 17.2 Å². The molecule has 2 aromatic rings. The molecule has 0 saturated heterocycles. The number of nitro groups is 1. The predicted molar refractivity (Wildman–Crippen MR) is 97.3 cm³/mol. The normalized spacial score (nSPS) is 20.2. The van der Waals surface area contributed by atoms with Crippen LogP contribution in [0.15, 0.2) is 42.5 Å². The molecule has 2 atom stereocenters. The monoisotopic (exact) mass is 347 g/mol. The lowest BCUT2D eigenvalue weighted by molar-refractivity contribution is -0.384. The van der Waals surface area contributed by atoms with E-state index in [2.05, 4.69) is 24.3 Å². The number of fused-ring (bicyclic) bond motifs is 2. The smallest absolute Gasteiger partial charge is 0.269 e. The Morgan fingerprint density at radius 1 is 0.917 bits per heavy atom. The summed E-state index contributed by atoms with van der Waals surface area (Å²) >= 11 is 0. The van der Waals surface area contributed by atoms with Gasteiger partial charge in [-0.05, 0) is 47.9 Å². The molecule has 0 radical (unpaired) electrons. The number of benzene rings is 2. The van der Waals surface area contributed by atoms with Gasteiger partial charge in [0.1, 0.15) is 0 Å². The zero-order valence-electron chi connectivity index (χ0n) is 13.4. The molecule has 0 aromatic heterocycles. The largest absolute Gasteiger partial charge is 0.324 e. The number of nitro benzene ring substituents is 1. The highest BCUT2D eigenvalue weighted by Gasteiger charge is 2.21. The summed E-state index contributed by atoms with van der Waals surface area (Å²) in [6.45, 7) is 0. The zero-order chi connectivity index (χ0) is 16.4. The second-order valence-electron chi connectivity index (χ2n) is 6.13. The van der Waals surface area contributed by atoms with E-state index >= 15 is 0 Å². The average molecular weight is 348 g/mol. The van der Waals surface area contributed by atoms with Crippen molar-refractivity contribution < 1.29 is 4.92 Å². The van der Waals surface area contributed by atoms with Gasteiger partial charge in [-0.1, -0.05) is 30.3 Å². The number of halogens is 1. The van der Waals surface area contributed by atoms with Crippen molar-refractivity contribution in [3.05, 3.63) is 74.8 Å². The highest BCUT2D eigenvalue weighted by Crippen LogP contribution is 2.31. The molecule has 0 amide bonds. The number of nitrogens with zero attached hydrogens (tertiary/aromatic N) is 1. The van der Waals surface area contributed by atoms with E-state index in [4.69, 9.17) is 11.5 Å². The summed E-state index contributed by atoms with van der Waals surface area (Å²) < 4.78 is 0. The van der Waals surface area contributed by atoms with E-state index < -0.39 is 0 Å². The van der Waals surface area contributed by atoms with E-state index in [9.17, 15) is 10.1 Å². The van der Waals surface area contributed by atoms with Crippen molar-refractivity contribution in [1.29, 1.82) is 0 Å². The highest BCUT2D eigenvalue weighted by molar-refractivity contribution is 5.85. The molecule has 24 heavy (non-hydrogen) atoms. The van der Waals surface area contributed by atoms with E-state index in [1.807, 2.05) is 0 Å². The van der Waals surface area contributed by atoms with E-state index in [0.29, 0.717) is 6.04 Å². The Balaban J connectivity index is 0.000000172. The predicted octanol–water partition coefficient (Wildman–Crippen LogP) is 3.60. The lowest BCUT2D eigenvalue weighted by atomic mass is 10.1. The lowest BCUT2D eigenvalue weighted by Crippen LogP contribution is -2.05. The molecule has 128 valence electrons. The van der Waals surface area contributed by atoms with Crippen LogP contribution in [0.4, 0.5) is 5.69 Å². The summed E-state index contributed by atoms with van der Waals surface area (Å²) in [4.78, 5) is 10.1. The molecule has 2 aliphatic rings. The lowest BCUT2D eigenvalue weighted by Gasteiger charge is -2.03. The van der Waals surface area contributed by atoms with Crippen LogP contribution in [0, 0.1) is 10.1 Å². The van der Waals surface area contributed by atoms with Gasteiger partial charge in [-0.25, -0.2) is 0 Å². The molecule has 0 spiro atoms. The van der Waals surface area contributed by atoms with Gasteiger partial charge < -0.3 is 11.5 Å². The third-order valence-electron chi connectivity index (χ3n) is 4.64. The SMILES string of the molecule is Cl.NC1CCc2ccc([N+](=O)[O-])cc21.NC1CCc2ccccc21. The summed E-state index contributed by atoms with van der Waals surface area (Å²) in [5.41, 5.74) is 16.7. The molecule has 4 rings (SSSR count). The van der Waals surface area contributed by atoms with Gasteiger partial charge in [0, 0.05) is 24.2 Å². The quantitative estimate of drug-likeness (QED) is 0.608. The van der Waals surface area contributed by atoms with Gasteiger partial charge in [0.05, 0.1) is 4.92 Å². The van der Waals surface area contributed by atoms with Crippen LogP contribution in [-0.4, -0.2) is 4.92 Å². The van der Waals surface area contributed by atoms with Gasteiger partial charge >= 0.3 is 0 Å². The Morgan fingerprint density at radius 2 is 1.50 bits per heavy atom. The fourth-order valence-electron chi connectivity index (χ4n) is 3.33. The molecular weight excluding hydrogens is 326 g/mol. The van der Waals surface area contributed by atoms with Crippen molar-refractivity contribution in [1.82, 2.24) is 0 Å². The van der Waals surface area contributed by atoms with Crippen molar-refractivity contribution >= 4 is 18.1 Å². The number of aryl methyl sites for hydroxylation is 2. The molecule has 2 unspecified atom stereocenters. The van der Waals surface area contributed by atoms with Gasteiger partial charge in [-0.15, -0.1) is 12.4 Å². The third kappa shape index (κ3) is 3.75. The number of rotatable bonds is 1. The summed E-state index contributed by atoms with van der Waals surface area (Å²) in [6, 6.07) is 13.7. The molecule has 0 fully saturated rings. The Kier molecular flexibility index (Phi) is 5.94. The van der Waals surface area contributed by atoms with Crippen molar-refractivity contribution in [2.24, 2.45) is 11.5 Å². The molecule has 4 N–H and O–H groups in total. The topological polar surface area (TPSA) is 95.2 Å². The van der Waals surface area contributed by atoms with Gasteiger partial charge in [0.25, 0.3) is 5.69 Å². The summed E-state index contributed by atoms with van der Waals surface area (Å²) in [5, 5.41) is 10.5. The van der Waals surface area contributed by atoms with Crippen LogP contribution in [0.5, 0.6) is 0 Å². The Morgan fingerprint density at radius 3 is 2.12 bits per heavy atom. The van der Waals surface area contributed by atoms with Crippen LogP contribution in [0.25, 0.3) is 0 Å². The van der Waals surface area contributed by atoms with Crippen LogP contribution in [0.3, 0.4) is 0 Å². The highest BCUT2D eigenvalue weighted by atomic mass is 35.5. The first-order valence-electron chi connectivity index (χ1n) is 7.92. The van der Waals surface area contributed by atoms with Crippen LogP contribution in [0.2, 0.25) is 0 Å². The number of hydrogen-bond donors (Lipinski definition) is 2. The standard InChI is InChI=1S/C9H10N2O2.C9H11N.ClH/c10-9-4-2-6-1-3-7(11(12)13)5-8(6)9;10-9-6-5-7-3-1-2-4-8(7)9;/h1,3,5,9H,2,4,10H2;1-4,9H,5-6,10H2;1H. The first kappa shape index (κ1) is 18.4. The maximum Gasteiger partial charge on any atom is 0.269 e. The fourth-order valence-corrected chi connectivity index (χ4v) is 3.33. The number of hydrogen-bond acceptors (Lipinski definition) is 4. The summed E-state index contributed by atoms with van der Waals surface area (Å²) in [7, 11) is 0. The van der Waals surface area contributed by atoms with Crippen LogP contribution >= 0.6 is 12.4 Å². The van der Waals surface area contributed by atoms with E-state index in [-0.39, 0.29) is 29.1 Å². The van der Waals surface area contributed by atoms with Crippen molar-refractivity contribution in [2.75, 3.05) is 0 Å². The van der Waals surface area contributed by atoms with Crippen LogP contribution in [0.1, 0.15) is 47.2 Å². The number of non-ortho nitro benzene ring substituents is 1. The Bertz CT molecular complexity index is 736. The Hall–Kier alpha value is -1.95. The minimum absolute atomic E-state index is 0. The minimum atomic E-state index is -0.384. The van der Waals surface area contributed by atoms with Gasteiger partial charge in [0.15, 0.2) is 0 Å².